The van der Waals surface area contributed by atoms with E-state index in [2.05, 4.69) is 16.0 Å². The monoisotopic (exact) mass is 411 g/mol. The minimum Gasteiger partial charge on any atom is -0.459 e. The van der Waals surface area contributed by atoms with E-state index in [4.69, 9.17) is 16.0 Å². The van der Waals surface area contributed by atoms with Crippen molar-refractivity contribution in [1.82, 2.24) is 0 Å². The van der Waals surface area contributed by atoms with Gasteiger partial charge in [0.05, 0.1) is 17.0 Å². The molecule has 29 heavy (non-hydrogen) atoms. The Morgan fingerprint density at radius 2 is 1.66 bits per heavy atom. The number of nitrogens with one attached hydrogen (secondary N) is 3. The molecule has 0 bridgehead atoms. The van der Waals surface area contributed by atoms with Crippen molar-refractivity contribution in [3.05, 3.63) is 76.7 Å². The summed E-state index contributed by atoms with van der Waals surface area (Å²) in [6, 6.07) is 12.9. The summed E-state index contributed by atoms with van der Waals surface area (Å²) in [4.78, 5) is 36.0. The predicted octanol–water partition coefficient (Wildman–Crippen LogP) is 4.70. The number of benzene rings is 2. The van der Waals surface area contributed by atoms with Gasteiger partial charge in [0.2, 0.25) is 5.91 Å². The number of aryl methyl sites for hydroxylation is 1. The lowest BCUT2D eigenvalue weighted by Gasteiger charge is -2.12. The van der Waals surface area contributed by atoms with Crippen molar-refractivity contribution in [3.63, 3.8) is 0 Å². The van der Waals surface area contributed by atoms with Gasteiger partial charge in [-0.25, -0.2) is 0 Å². The van der Waals surface area contributed by atoms with Crippen molar-refractivity contribution < 1.29 is 18.8 Å². The molecule has 0 saturated carbocycles. The fourth-order valence-corrected chi connectivity index (χ4v) is 2.81. The number of hydrogen-bond acceptors (Lipinski definition) is 4. The number of hydrogen-bond donors (Lipinski definition) is 3. The molecule has 3 amide bonds. The summed E-state index contributed by atoms with van der Waals surface area (Å²) >= 11 is 6.19. The predicted molar refractivity (Wildman–Crippen MR) is 112 cm³/mol. The topological polar surface area (TPSA) is 100 Å². The molecule has 0 radical (unpaired) electrons. The zero-order valence-electron chi connectivity index (χ0n) is 15.7. The first-order valence-electron chi connectivity index (χ1n) is 8.67. The van der Waals surface area contributed by atoms with Crippen molar-refractivity contribution in [2.24, 2.45) is 0 Å². The molecule has 1 aromatic heterocycles. The molecule has 7 nitrogen and oxygen atoms in total. The molecular formula is C21H18ClN3O4. The van der Waals surface area contributed by atoms with E-state index in [0.717, 1.165) is 5.56 Å². The Balaban J connectivity index is 1.76. The highest BCUT2D eigenvalue weighted by atomic mass is 35.5. The molecule has 3 aromatic rings. The third-order valence-electron chi connectivity index (χ3n) is 4.03. The van der Waals surface area contributed by atoms with E-state index in [1.165, 1.54) is 13.2 Å². The Kier molecular flexibility index (Phi) is 5.99. The largest absolute Gasteiger partial charge is 0.459 e. The fourth-order valence-electron chi connectivity index (χ4n) is 2.58. The molecule has 0 aliphatic carbocycles. The fraction of sp³-hybridized carbons (Fsp3) is 0.0952. The average molecular weight is 412 g/mol. The molecule has 8 heteroatoms. The van der Waals surface area contributed by atoms with Crippen LogP contribution in [0.1, 0.15) is 33.4 Å². The molecule has 0 spiro atoms. The number of carbonyl (C=O) groups excluding carboxylic acids is 3. The lowest BCUT2D eigenvalue weighted by atomic mass is 10.1. The lowest BCUT2D eigenvalue weighted by molar-refractivity contribution is -0.114. The van der Waals surface area contributed by atoms with E-state index >= 15 is 0 Å². The first kappa shape index (κ1) is 20.2. The third-order valence-corrected chi connectivity index (χ3v) is 4.34. The quantitative estimate of drug-likeness (QED) is 0.566. The zero-order valence-corrected chi connectivity index (χ0v) is 16.5. The Labute approximate surface area is 172 Å². The average Bonchev–Trinajstić information content (AvgIpc) is 3.20. The first-order chi connectivity index (χ1) is 13.8. The molecule has 3 rings (SSSR count). The van der Waals surface area contributed by atoms with Gasteiger partial charge in [0.1, 0.15) is 0 Å². The highest BCUT2D eigenvalue weighted by Crippen LogP contribution is 2.26. The molecule has 0 aliphatic heterocycles. The Morgan fingerprint density at radius 1 is 0.897 bits per heavy atom. The normalized spacial score (nSPS) is 10.3. The molecule has 0 unspecified atom stereocenters. The summed E-state index contributed by atoms with van der Waals surface area (Å²) in [5.41, 5.74) is 2.55. The van der Waals surface area contributed by atoms with Crippen LogP contribution in [0.3, 0.4) is 0 Å². The van der Waals surface area contributed by atoms with Crippen molar-refractivity contribution >= 4 is 46.4 Å². The van der Waals surface area contributed by atoms with Gasteiger partial charge in [0, 0.05) is 23.9 Å². The zero-order chi connectivity index (χ0) is 21.0. The Morgan fingerprint density at radius 3 is 2.31 bits per heavy atom. The number of furan rings is 1. The van der Waals surface area contributed by atoms with Gasteiger partial charge in [0.15, 0.2) is 5.76 Å². The highest BCUT2D eigenvalue weighted by Gasteiger charge is 2.14. The molecule has 148 valence electrons. The van der Waals surface area contributed by atoms with Gasteiger partial charge in [-0.15, -0.1) is 0 Å². The summed E-state index contributed by atoms with van der Waals surface area (Å²) in [6.45, 7) is 3.21. The van der Waals surface area contributed by atoms with Crippen LogP contribution in [0, 0.1) is 6.92 Å². The van der Waals surface area contributed by atoms with Crippen LogP contribution < -0.4 is 16.0 Å². The summed E-state index contributed by atoms with van der Waals surface area (Å²) < 4.78 is 5.08. The number of carbonyl (C=O) groups is 3. The van der Waals surface area contributed by atoms with E-state index in [1.54, 1.807) is 48.5 Å². The van der Waals surface area contributed by atoms with Crippen molar-refractivity contribution in [3.8, 4) is 0 Å². The molecule has 1 heterocycles. The van der Waals surface area contributed by atoms with E-state index < -0.39 is 11.8 Å². The van der Waals surface area contributed by atoms with Gasteiger partial charge >= 0.3 is 0 Å². The first-order valence-corrected chi connectivity index (χ1v) is 9.05. The van der Waals surface area contributed by atoms with Gasteiger partial charge in [-0.1, -0.05) is 17.7 Å². The van der Waals surface area contributed by atoms with Crippen molar-refractivity contribution in [1.29, 1.82) is 0 Å². The van der Waals surface area contributed by atoms with E-state index in [1.807, 2.05) is 6.92 Å². The number of rotatable bonds is 5. The maximum atomic E-state index is 12.6. The van der Waals surface area contributed by atoms with Crippen LogP contribution in [0.2, 0.25) is 5.02 Å². The standard InChI is InChI=1S/C21H18ClN3O4/c1-12-5-6-14(10-18(12)25-21(28)19-4-3-9-29-19)20(27)24-17-8-7-15(11-16(17)22)23-13(2)26/h3-11H,1-2H3,(H,23,26)(H,24,27)(H,25,28). The minimum atomic E-state index is -0.410. The number of amides is 3. The van der Waals surface area contributed by atoms with Crippen LogP contribution in [0.25, 0.3) is 0 Å². The van der Waals surface area contributed by atoms with Crippen molar-refractivity contribution in [2.75, 3.05) is 16.0 Å². The summed E-state index contributed by atoms with van der Waals surface area (Å²) in [7, 11) is 0. The number of anilines is 3. The lowest BCUT2D eigenvalue weighted by Crippen LogP contribution is -2.15. The molecule has 0 saturated heterocycles. The Bertz CT molecular complexity index is 1080. The van der Waals surface area contributed by atoms with E-state index in [-0.39, 0.29) is 16.7 Å². The van der Waals surface area contributed by atoms with E-state index in [9.17, 15) is 14.4 Å². The maximum absolute atomic E-state index is 12.6. The van der Waals surface area contributed by atoms with Crippen LogP contribution in [0.15, 0.2) is 59.2 Å². The second kappa shape index (κ2) is 8.62. The summed E-state index contributed by atoms with van der Waals surface area (Å²) in [6.07, 6.45) is 1.41. The van der Waals surface area contributed by atoms with Gasteiger partial charge in [-0.2, -0.15) is 0 Å². The van der Waals surface area contributed by atoms with Gasteiger partial charge < -0.3 is 20.4 Å². The Hall–Kier alpha value is -3.58. The van der Waals surface area contributed by atoms with Crippen LogP contribution in [0.5, 0.6) is 0 Å². The van der Waals surface area contributed by atoms with Crippen molar-refractivity contribution in [2.45, 2.75) is 13.8 Å². The summed E-state index contributed by atoms with van der Waals surface area (Å²) in [5.74, 6) is -0.855. The third kappa shape index (κ3) is 5.03. The molecule has 0 fully saturated rings. The molecule has 3 N–H and O–H groups in total. The van der Waals surface area contributed by atoms with E-state index in [0.29, 0.717) is 22.6 Å². The molecule has 0 aliphatic rings. The molecule has 0 atom stereocenters. The van der Waals surface area contributed by atoms with Crippen LogP contribution in [-0.2, 0) is 4.79 Å². The van der Waals surface area contributed by atoms with Gasteiger partial charge in [-0.3, -0.25) is 14.4 Å². The minimum absolute atomic E-state index is 0.172. The van der Waals surface area contributed by atoms with Gasteiger partial charge in [0.25, 0.3) is 11.8 Å². The SMILES string of the molecule is CC(=O)Nc1ccc(NC(=O)c2ccc(C)c(NC(=O)c3ccco3)c2)c(Cl)c1. The highest BCUT2D eigenvalue weighted by molar-refractivity contribution is 6.34. The maximum Gasteiger partial charge on any atom is 0.291 e. The smallest absolute Gasteiger partial charge is 0.291 e. The molecule has 2 aromatic carbocycles. The summed E-state index contributed by atoms with van der Waals surface area (Å²) in [5, 5.41) is 8.35. The second-order valence-corrected chi connectivity index (χ2v) is 6.70. The number of halogens is 1. The second-order valence-electron chi connectivity index (χ2n) is 6.29. The molecular weight excluding hydrogens is 394 g/mol. The van der Waals surface area contributed by atoms with Crippen LogP contribution >= 0.6 is 11.6 Å². The van der Waals surface area contributed by atoms with Crippen LogP contribution in [-0.4, -0.2) is 17.7 Å². The van der Waals surface area contributed by atoms with Crippen LogP contribution in [0.4, 0.5) is 17.1 Å². The van der Waals surface area contributed by atoms with Gasteiger partial charge in [-0.05, 0) is 55.0 Å².